The predicted octanol–water partition coefficient (Wildman–Crippen LogP) is 1.32. The summed E-state index contributed by atoms with van der Waals surface area (Å²) in [6.45, 7) is 5.91. The van der Waals surface area contributed by atoms with E-state index in [1.165, 1.54) is 0 Å². The van der Waals surface area contributed by atoms with E-state index in [0.29, 0.717) is 0 Å². The van der Waals surface area contributed by atoms with Gasteiger partial charge in [-0.25, -0.2) is 0 Å². The SMILES string of the molecule is CC(C)(C)OCC(=O)N(CC(N)=NO)C1CCCC1. The Labute approximate surface area is 114 Å². The Morgan fingerprint density at radius 3 is 2.47 bits per heavy atom. The van der Waals surface area contributed by atoms with Crippen molar-refractivity contribution in [1.29, 1.82) is 0 Å². The molecule has 0 aromatic carbocycles. The zero-order valence-corrected chi connectivity index (χ0v) is 12.1. The van der Waals surface area contributed by atoms with Crippen molar-refractivity contribution < 1.29 is 14.7 Å². The zero-order chi connectivity index (χ0) is 14.5. The van der Waals surface area contributed by atoms with E-state index < -0.39 is 0 Å². The van der Waals surface area contributed by atoms with Crippen molar-refractivity contribution in [2.75, 3.05) is 13.2 Å². The van der Waals surface area contributed by atoms with E-state index in [4.69, 9.17) is 15.7 Å². The lowest BCUT2D eigenvalue weighted by atomic mass is 10.2. The average Bonchev–Trinajstić information content (AvgIpc) is 2.85. The number of carbonyl (C=O) groups excluding carboxylic acids is 1. The summed E-state index contributed by atoms with van der Waals surface area (Å²) in [6.07, 6.45) is 4.18. The first-order valence-corrected chi connectivity index (χ1v) is 6.73. The molecule has 0 aromatic rings. The number of ether oxygens (including phenoxy) is 1. The molecule has 0 aliphatic heterocycles. The molecule has 0 bridgehead atoms. The molecule has 110 valence electrons. The molecular weight excluding hydrogens is 246 g/mol. The van der Waals surface area contributed by atoms with Gasteiger partial charge >= 0.3 is 0 Å². The van der Waals surface area contributed by atoms with Gasteiger partial charge in [0, 0.05) is 6.04 Å². The third kappa shape index (κ3) is 5.46. The Kier molecular flexibility index (Phi) is 5.60. The number of hydrogen-bond acceptors (Lipinski definition) is 4. The molecule has 19 heavy (non-hydrogen) atoms. The van der Waals surface area contributed by atoms with Gasteiger partial charge in [0.15, 0.2) is 5.84 Å². The summed E-state index contributed by atoms with van der Waals surface area (Å²) < 4.78 is 5.51. The van der Waals surface area contributed by atoms with Crippen molar-refractivity contribution >= 4 is 11.7 Å². The molecular formula is C13H25N3O3. The maximum Gasteiger partial charge on any atom is 0.249 e. The van der Waals surface area contributed by atoms with Crippen molar-refractivity contribution in [1.82, 2.24) is 4.90 Å². The summed E-state index contributed by atoms with van der Waals surface area (Å²) >= 11 is 0. The first-order chi connectivity index (χ1) is 8.83. The second-order valence-electron chi connectivity index (χ2n) is 5.95. The predicted molar refractivity (Wildman–Crippen MR) is 73.1 cm³/mol. The lowest BCUT2D eigenvalue weighted by Crippen LogP contribution is -2.46. The van der Waals surface area contributed by atoms with Crippen LogP contribution in [-0.2, 0) is 9.53 Å². The summed E-state index contributed by atoms with van der Waals surface area (Å²) in [5.74, 6) is -0.0515. The van der Waals surface area contributed by atoms with E-state index in [9.17, 15) is 4.79 Å². The molecule has 1 saturated carbocycles. The molecule has 3 N–H and O–H groups in total. The first-order valence-electron chi connectivity index (χ1n) is 6.73. The smallest absolute Gasteiger partial charge is 0.249 e. The van der Waals surface area contributed by atoms with Crippen LogP contribution in [-0.4, -0.2) is 46.6 Å². The van der Waals surface area contributed by atoms with Gasteiger partial charge in [0.05, 0.1) is 12.1 Å². The van der Waals surface area contributed by atoms with Gasteiger partial charge in [-0.3, -0.25) is 4.79 Å². The van der Waals surface area contributed by atoms with Gasteiger partial charge in [-0.2, -0.15) is 0 Å². The van der Waals surface area contributed by atoms with Crippen LogP contribution in [0.25, 0.3) is 0 Å². The van der Waals surface area contributed by atoms with Crippen molar-refractivity contribution in [2.24, 2.45) is 10.9 Å². The van der Waals surface area contributed by atoms with Crippen LogP contribution in [0.15, 0.2) is 5.16 Å². The molecule has 0 saturated heterocycles. The maximum absolute atomic E-state index is 12.2. The molecule has 1 aliphatic rings. The minimum absolute atomic E-state index is 0.0265. The molecule has 0 radical (unpaired) electrons. The lowest BCUT2D eigenvalue weighted by molar-refractivity contribution is -0.142. The summed E-state index contributed by atoms with van der Waals surface area (Å²) in [5, 5.41) is 11.6. The Balaban J connectivity index is 2.63. The monoisotopic (exact) mass is 271 g/mol. The number of nitrogens with zero attached hydrogens (tertiary/aromatic N) is 2. The first kappa shape index (κ1) is 15.8. The van der Waals surface area contributed by atoms with Crippen molar-refractivity contribution in [3.05, 3.63) is 0 Å². The van der Waals surface area contributed by atoms with E-state index in [1.807, 2.05) is 20.8 Å². The van der Waals surface area contributed by atoms with E-state index in [-0.39, 0.29) is 36.5 Å². The van der Waals surface area contributed by atoms with Gasteiger partial charge in [0.2, 0.25) is 5.91 Å². The molecule has 6 heteroatoms. The number of oxime groups is 1. The molecule has 1 amide bonds. The number of amidine groups is 1. The van der Waals surface area contributed by atoms with Crippen LogP contribution in [0, 0.1) is 0 Å². The van der Waals surface area contributed by atoms with E-state index in [1.54, 1.807) is 4.90 Å². The molecule has 1 rings (SSSR count). The summed E-state index contributed by atoms with van der Waals surface area (Å²) in [6, 6.07) is 0.177. The molecule has 0 heterocycles. The van der Waals surface area contributed by atoms with Crippen LogP contribution in [0.2, 0.25) is 0 Å². The van der Waals surface area contributed by atoms with Crippen LogP contribution < -0.4 is 5.73 Å². The fraction of sp³-hybridized carbons (Fsp3) is 0.846. The second kappa shape index (κ2) is 6.75. The lowest BCUT2D eigenvalue weighted by Gasteiger charge is -2.30. The fourth-order valence-electron chi connectivity index (χ4n) is 2.20. The number of carbonyl (C=O) groups is 1. The van der Waals surface area contributed by atoms with Crippen LogP contribution >= 0.6 is 0 Å². The van der Waals surface area contributed by atoms with Gasteiger partial charge in [-0.1, -0.05) is 18.0 Å². The van der Waals surface area contributed by atoms with E-state index in [2.05, 4.69) is 5.16 Å². The minimum atomic E-state index is -0.354. The topological polar surface area (TPSA) is 88.2 Å². The number of nitrogens with two attached hydrogens (primary N) is 1. The summed E-state index contributed by atoms with van der Waals surface area (Å²) in [7, 11) is 0. The van der Waals surface area contributed by atoms with E-state index in [0.717, 1.165) is 25.7 Å². The van der Waals surface area contributed by atoms with Gasteiger partial charge < -0.3 is 20.6 Å². The number of hydrogen-bond donors (Lipinski definition) is 2. The van der Waals surface area contributed by atoms with Crippen molar-refractivity contribution in [3.63, 3.8) is 0 Å². The maximum atomic E-state index is 12.2. The van der Waals surface area contributed by atoms with Crippen LogP contribution in [0.1, 0.15) is 46.5 Å². The van der Waals surface area contributed by atoms with Crippen LogP contribution in [0.5, 0.6) is 0 Å². The van der Waals surface area contributed by atoms with Crippen LogP contribution in [0.3, 0.4) is 0 Å². The van der Waals surface area contributed by atoms with Crippen molar-refractivity contribution in [3.8, 4) is 0 Å². The van der Waals surface area contributed by atoms with Crippen molar-refractivity contribution in [2.45, 2.75) is 58.1 Å². The molecule has 0 atom stereocenters. The van der Waals surface area contributed by atoms with Gasteiger partial charge in [-0.15, -0.1) is 0 Å². The highest BCUT2D eigenvalue weighted by Gasteiger charge is 2.28. The zero-order valence-electron chi connectivity index (χ0n) is 12.1. The van der Waals surface area contributed by atoms with Gasteiger partial charge in [0.25, 0.3) is 0 Å². The summed E-state index contributed by atoms with van der Waals surface area (Å²) in [4.78, 5) is 13.9. The third-order valence-electron chi connectivity index (χ3n) is 3.18. The molecule has 0 aromatic heterocycles. The highest BCUT2D eigenvalue weighted by molar-refractivity contribution is 5.87. The largest absolute Gasteiger partial charge is 0.409 e. The fourth-order valence-corrected chi connectivity index (χ4v) is 2.20. The van der Waals surface area contributed by atoms with Gasteiger partial charge in [-0.05, 0) is 33.6 Å². The quantitative estimate of drug-likeness (QED) is 0.341. The Hall–Kier alpha value is -1.30. The molecule has 0 spiro atoms. The molecule has 0 unspecified atom stereocenters. The Bertz CT molecular complexity index is 331. The second-order valence-corrected chi connectivity index (χ2v) is 5.95. The minimum Gasteiger partial charge on any atom is -0.409 e. The highest BCUT2D eigenvalue weighted by Crippen LogP contribution is 2.23. The number of amides is 1. The number of rotatable bonds is 5. The molecule has 6 nitrogen and oxygen atoms in total. The van der Waals surface area contributed by atoms with E-state index >= 15 is 0 Å². The van der Waals surface area contributed by atoms with Crippen LogP contribution in [0.4, 0.5) is 0 Å². The molecule has 1 aliphatic carbocycles. The average molecular weight is 271 g/mol. The molecule has 1 fully saturated rings. The standard InChI is InChI=1S/C13H25N3O3/c1-13(2,3)19-9-12(17)16(8-11(14)15-18)10-6-4-5-7-10/h10,18H,4-9H2,1-3H3,(H2,14,15). The third-order valence-corrected chi connectivity index (χ3v) is 3.18. The van der Waals surface area contributed by atoms with Gasteiger partial charge in [0.1, 0.15) is 6.61 Å². The Morgan fingerprint density at radius 2 is 2.00 bits per heavy atom. The normalized spacial score (nSPS) is 17.7. The summed E-state index contributed by atoms with van der Waals surface area (Å²) in [5.41, 5.74) is 5.17. The highest BCUT2D eigenvalue weighted by atomic mass is 16.5. The Morgan fingerprint density at radius 1 is 1.42 bits per heavy atom.